The molecule has 1 amide bonds. The van der Waals surface area contributed by atoms with Crippen LogP contribution in [0.25, 0.3) is 22.6 Å². The molecule has 27 heavy (non-hydrogen) atoms. The molecule has 5 rings (SSSR count). The van der Waals surface area contributed by atoms with Gasteiger partial charge in [-0.15, -0.1) is 10.2 Å². The average molecular weight is 361 g/mol. The number of benzene rings is 1. The highest BCUT2D eigenvalue weighted by Gasteiger charge is 2.45. The van der Waals surface area contributed by atoms with Crippen LogP contribution >= 0.6 is 0 Å². The molecule has 0 unspecified atom stereocenters. The van der Waals surface area contributed by atoms with Crippen LogP contribution in [0.5, 0.6) is 0 Å². The molecule has 0 atom stereocenters. The quantitative estimate of drug-likeness (QED) is 0.648. The summed E-state index contributed by atoms with van der Waals surface area (Å²) >= 11 is 0. The molecule has 1 saturated carbocycles. The number of carbonyl (C=O) groups excluding carboxylic acids is 1. The fraction of sp³-hybridized carbons (Fsp3) is 0.316. The highest BCUT2D eigenvalue weighted by molar-refractivity contribution is 6.04. The largest absolute Gasteiger partial charge is 0.353 e. The number of H-pyrrole nitrogens is 1. The smallest absolute Gasteiger partial charge is 0.251 e. The van der Waals surface area contributed by atoms with Crippen LogP contribution in [0.1, 0.15) is 31.2 Å². The molecule has 1 aliphatic carbocycles. The molecule has 1 aliphatic heterocycles. The van der Waals surface area contributed by atoms with Gasteiger partial charge in [0.2, 0.25) is 0 Å². The van der Waals surface area contributed by atoms with Gasteiger partial charge in [0.25, 0.3) is 5.91 Å². The number of fused-ring (bicyclic) bond motifs is 1. The second kappa shape index (κ2) is 5.87. The Morgan fingerprint density at radius 3 is 2.74 bits per heavy atom. The van der Waals surface area contributed by atoms with E-state index in [0.717, 1.165) is 53.9 Å². The van der Waals surface area contributed by atoms with Crippen molar-refractivity contribution in [2.75, 3.05) is 10.6 Å². The van der Waals surface area contributed by atoms with E-state index in [0.29, 0.717) is 11.6 Å². The second-order valence-corrected chi connectivity index (χ2v) is 7.19. The van der Waals surface area contributed by atoms with Gasteiger partial charge >= 0.3 is 0 Å². The number of nitrogens with zero attached hydrogens (tertiary/aromatic N) is 4. The van der Waals surface area contributed by atoms with Crippen molar-refractivity contribution < 1.29 is 4.79 Å². The van der Waals surface area contributed by atoms with E-state index in [9.17, 15) is 4.79 Å². The van der Waals surface area contributed by atoms with Crippen molar-refractivity contribution in [3.8, 4) is 22.6 Å². The Bertz CT molecular complexity index is 1020. The third-order valence-electron chi connectivity index (χ3n) is 5.45. The third kappa shape index (κ3) is 2.56. The summed E-state index contributed by atoms with van der Waals surface area (Å²) in [6, 6.07) is 6.04. The van der Waals surface area contributed by atoms with E-state index in [4.69, 9.17) is 4.98 Å². The number of anilines is 2. The number of carbonyl (C=O) groups is 1. The molecule has 2 aliphatic rings. The van der Waals surface area contributed by atoms with Crippen molar-refractivity contribution >= 4 is 17.5 Å². The number of nitrogens with one attached hydrogen (secondary N) is 3. The molecule has 1 spiro atoms. The first kappa shape index (κ1) is 15.9. The maximum Gasteiger partial charge on any atom is 0.251 e. The number of hydrogen-bond acceptors (Lipinski definition) is 6. The van der Waals surface area contributed by atoms with E-state index in [1.54, 1.807) is 12.5 Å². The Morgan fingerprint density at radius 2 is 2.00 bits per heavy atom. The maximum absolute atomic E-state index is 12.5. The molecule has 3 aromatic rings. The first-order valence-corrected chi connectivity index (χ1v) is 9.09. The van der Waals surface area contributed by atoms with Gasteiger partial charge in [0.15, 0.2) is 17.5 Å². The zero-order valence-corrected chi connectivity index (χ0v) is 14.9. The number of amides is 1. The molecule has 1 aromatic carbocycles. The van der Waals surface area contributed by atoms with E-state index in [-0.39, 0.29) is 5.91 Å². The van der Waals surface area contributed by atoms with E-state index >= 15 is 0 Å². The van der Waals surface area contributed by atoms with Crippen molar-refractivity contribution in [1.29, 1.82) is 0 Å². The van der Waals surface area contributed by atoms with Gasteiger partial charge in [0, 0.05) is 11.1 Å². The summed E-state index contributed by atoms with van der Waals surface area (Å²) in [6.07, 6.45) is 7.01. The molecule has 2 aromatic heterocycles. The summed E-state index contributed by atoms with van der Waals surface area (Å²) in [6.45, 7) is 2.03. The molecule has 8 nitrogen and oxygen atoms in total. The first-order valence-electron chi connectivity index (χ1n) is 9.09. The molecule has 0 radical (unpaired) electrons. The van der Waals surface area contributed by atoms with Crippen molar-refractivity contribution in [1.82, 2.24) is 25.1 Å². The lowest BCUT2D eigenvalue weighted by Gasteiger charge is -2.34. The van der Waals surface area contributed by atoms with Crippen molar-refractivity contribution in [3.05, 3.63) is 36.3 Å². The van der Waals surface area contributed by atoms with Gasteiger partial charge in [0.05, 0.1) is 11.9 Å². The van der Waals surface area contributed by atoms with Gasteiger partial charge < -0.3 is 15.6 Å². The molecule has 136 valence electrons. The molecular weight excluding hydrogens is 342 g/mol. The summed E-state index contributed by atoms with van der Waals surface area (Å²) in [5.41, 5.74) is 3.26. The molecule has 3 N–H and O–H groups in total. The van der Waals surface area contributed by atoms with Crippen LogP contribution in [-0.2, 0) is 4.79 Å². The van der Waals surface area contributed by atoms with Gasteiger partial charge in [-0.05, 0) is 31.4 Å². The number of rotatable bonds is 2. The van der Waals surface area contributed by atoms with Gasteiger partial charge in [-0.3, -0.25) is 4.79 Å². The van der Waals surface area contributed by atoms with Crippen LogP contribution in [-0.4, -0.2) is 36.6 Å². The number of hydrogen-bond donors (Lipinski definition) is 3. The van der Waals surface area contributed by atoms with Crippen LogP contribution in [0, 0.1) is 6.92 Å². The standard InChI is InChI=1S/C19H19N7O/c1-11-8-12(15-21-10-22-26-15)4-5-13(11)14-9-20-16-17(23-14)25-19(18(27)24-16)6-2-3-7-19/h4-5,8-10H,2-3,6-7H2,1H3,(H,23,25)(H,20,24,27)(H,21,22,26). The van der Waals surface area contributed by atoms with Crippen molar-refractivity contribution in [3.63, 3.8) is 0 Å². The average Bonchev–Trinajstić information content (AvgIpc) is 3.35. The van der Waals surface area contributed by atoms with Crippen molar-refractivity contribution in [2.24, 2.45) is 0 Å². The lowest BCUT2D eigenvalue weighted by Crippen LogP contribution is -2.51. The fourth-order valence-corrected chi connectivity index (χ4v) is 3.98. The molecule has 0 bridgehead atoms. The summed E-state index contributed by atoms with van der Waals surface area (Å²) < 4.78 is 0. The Morgan fingerprint density at radius 1 is 1.15 bits per heavy atom. The Balaban J connectivity index is 1.51. The normalized spacial score (nSPS) is 17.4. The monoisotopic (exact) mass is 361 g/mol. The van der Waals surface area contributed by atoms with Gasteiger partial charge in [-0.1, -0.05) is 25.0 Å². The lowest BCUT2D eigenvalue weighted by atomic mass is 9.94. The van der Waals surface area contributed by atoms with Gasteiger partial charge in [0.1, 0.15) is 11.9 Å². The number of aromatic amines is 1. The van der Waals surface area contributed by atoms with Crippen LogP contribution in [0.2, 0.25) is 0 Å². The van der Waals surface area contributed by atoms with Crippen LogP contribution < -0.4 is 10.6 Å². The minimum absolute atomic E-state index is 0.00198. The summed E-state index contributed by atoms with van der Waals surface area (Å²) in [4.78, 5) is 24.7. The molecule has 3 heterocycles. The Hall–Kier alpha value is -3.29. The Labute approximate surface area is 155 Å². The van der Waals surface area contributed by atoms with E-state index < -0.39 is 5.54 Å². The zero-order valence-electron chi connectivity index (χ0n) is 14.9. The maximum atomic E-state index is 12.5. The predicted octanol–water partition coefficient (Wildman–Crippen LogP) is 2.91. The minimum atomic E-state index is -0.536. The molecule has 1 fully saturated rings. The zero-order chi connectivity index (χ0) is 18.4. The topological polar surface area (TPSA) is 108 Å². The summed E-state index contributed by atoms with van der Waals surface area (Å²) in [5, 5.41) is 14.2. The molecule has 8 heteroatoms. The van der Waals surface area contributed by atoms with Crippen LogP contribution in [0.4, 0.5) is 11.6 Å². The van der Waals surface area contributed by atoms with Gasteiger partial charge in [-0.25, -0.2) is 9.97 Å². The second-order valence-electron chi connectivity index (χ2n) is 7.19. The minimum Gasteiger partial charge on any atom is -0.353 e. The first-order chi connectivity index (χ1) is 13.1. The predicted molar refractivity (Wildman–Crippen MR) is 101 cm³/mol. The van der Waals surface area contributed by atoms with Crippen LogP contribution in [0.15, 0.2) is 30.7 Å². The highest BCUT2D eigenvalue weighted by Crippen LogP contribution is 2.39. The van der Waals surface area contributed by atoms with E-state index in [1.807, 2.05) is 25.1 Å². The van der Waals surface area contributed by atoms with E-state index in [2.05, 4.69) is 30.8 Å². The van der Waals surface area contributed by atoms with Gasteiger partial charge in [-0.2, -0.15) is 0 Å². The summed E-state index contributed by atoms with van der Waals surface area (Å²) in [5.74, 6) is 1.88. The van der Waals surface area contributed by atoms with E-state index in [1.165, 1.54) is 0 Å². The molecular formula is C19H19N7O. The Kier molecular flexibility index (Phi) is 3.46. The lowest BCUT2D eigenvalue weighted by molar-refractivity contribution is -0.120. The van der Waals surface area contributed by atoms with Crippen molar-refractivity contribution in [2.45, 2.75) is 38.1 Å². The SMILES string of the molecule is Cc1cc(-c2nnc[nH]2)ccc1-c1cnc2c(n1)NC1(CCCC1)C(=O)N2. The fourth-order valence-electron chi connectivity index (χ4n) is 3.98. The van der Waals surface area contributed by atoms with Crippen LogP contribution in [0.3, 0.4) is 0 Å². The number of aryl methyl sites for hydroxylation is 1. The highest BCUT2D eigenvalue weighted by atomic mass is 16.2. The number of aromatic nitrogens is 5. The molecule has 0 saturated heterocycles. The third-order valence-corrected chi connectivity index (χ3v) is 5.45. The summed E-state index contributed by atoms with van der Waals surface area (Å²) in [7, 11) is 0.